The molecule has 296 valence electrons. The second-order valence-electron chi connectivity index (χ2n) is 16.4. The van der Waals surface area contributed by atoms with Crippen LogP contribution in [0.4, 0.5) is 34.1 Å². The van der Waals surface area contributed by atoms with Gasteiger partial charge in [0.2, 0.25) is 0 Å². The van der Waals surface area contributed by atoms with Crippen LogP contribution in [0.1, 0.15) is 22.3 Å². The molecule has 2 nitrogen and oxygen atoms in total. The topological polar surface area (TPSA) is 6.48 Å². The number of fused-ring (bicyclic) bond motifs is 10. The molecule has 0 aromatic heterocycles. The van der Waals surface area contributed by atoms with Gasteiger partial charge < -0.3 is 9.80 Å². The molecule has 63 heavy (non-hydrogen) atoms. The van der Waals surface area contributed by atoms with Crippen molar-refractivity contribution in [2.75, 3.05) is 9.80 Å². The van der Waals surface area contributed by atoms with Gasteiger partial charge in [-0.3, -0.25) is 0 Å². The molecule has 0 saturated carbocycles. The number of nitrogens with zero attached hydrogens (tertiary/aromatic N) is 2. The summed E-state index contributed by atoms with van der Waals surface area (Å²) in [6.45, 7) is 0. The number of para-hydroxylation sites is 3. The molecule has 0 amide bonds. The highest BCUT2D eigenvalue weighted by Crippen LogP contribution is 2.65. The largest absolute Gasteiger partial charge is 0.310 e. The Morgan fingerprint density at radius 1 is 0.238 bits per heavy atom. The first-order chi connectivity index (χ1) is 31.3. The predicted octanol–water partition coefficient (Wildman–Crippen LogP) is 16.3. The van der Waals surface area contributed by atoms with Gasteiger partial charge in [0.05, 0.1) is 11.1 Å². The van der Waals surface area contributed by atoms with Gasteiger partial charge in [0.1, 0.15) is 0 Å². The van der Waals surface area contributed by atoms with Crippen LogP contribution in [0.2, 0.25) is 0 Å². The van der Waals surface area contributed by atoms with E-state index in [-0.39, 0.29) is 0 Å². The highest BCUT2D eigenvalue weighted by atomic mass is 15.1. The maximum atomic E-state index is 2.48. The summed E-state index contributed by atoms with van der Waals surface area (Å²) in [4.78, 5) is 4.83. The van der Waals surface area contributed by atoms with E-state index < -0.39 is 5.41 Å². The van der Waals surface area contributed by atoms with Crippen molar-refractivity contribution < 1.29 is 0 Å². The fourth-order valence-electron chi connectivity index (χ4n) is 10.4. The Labute approximate surface area is 369 Å². The highest BCUT2D eigenvalue weighted by molar-refractivity contribution is 6.01. The molecule has 2 heteroatoms. The third kappa shape index (κ3) is 5.87. The second-order valence-corrected chi connectivity index (χ2v) is 16.4. The van der Waals surface area contributed by atoms with Crippen LogP contribution in [0.3, 0.4) is 0 Å². The lowest BCUT2D eigenvalue weighted by Crippen LogP contribution is -2.26. The van der Waals surface area contributed by atoms with Crippen molar-refractivity contribution in [2.45, 2.75) is 5.41 Å². The van der Waals surface area contributed by atoms with Crippen LogP contribution in [0.5, 0.6) is 0 Å². The van der Waals surface area contributed by atoms with Crippen LogP contribution in [0, 0.1) is 0 Å². The smallest absolute Gasteiger partial charge is 0.0727 e. The first kappa shape index (κ1) is 36.6. The zero-order valence-electron chi connectivity index (χ0n) is 34.6. The average molecular weight is 803 g/mol. The normalized spacial score (nSPS) is 14.1. The average Bonchev–Trinajstić information content (AvgIpc) is 3.83. The van der Waals surface area contributed by atoms with Crippen LogP contribution >= 0.6 is 0 Å². The van der Waals surface area contributed by atoms with E-state index in [1.807, 2.05) is 0 Å². The van der Waals surface area contributed by atoms with Crippen molar-refractivity contribution in [1.82, 2.24) is 0 Å². The van der Waals surface area contributed by atoms with E-state index in [4.69, 9.17) is 0 Å². The molecule has 0 bridgehead atoms. The van der Waals surface area contributed by atoms with Crippen molar-refractivity contribution in [3.05, 3.63) is 277 Å². The van der Waals surface area contributed by atoms with E-state index in [1.165, 1.54) is 66.8 Å². The van der Waals surface area contributed by atoms with Gasteiger partial charge in [0, 0.05) is 34.0 Å². The summed E-state index contributed by atoms with van der Waals surface area (Å²) in [5.41, 5.74) is 21.3. The lowest BCUT2D eigenvalue weighted by atomic mass is 9.70. The van der Waals surface area contributed by atoms with Crippen LogP contribution in [0.15, 0.2) is 255 Å². The first-order valence-electron chi connectivity index (χ1n) is 21.8. The Bertz CT molecular complexity index is 3210. The van der Waals surface area contributed by atoms with Gasteiger partial charge in [0.25, 0.3) is 0 Å². The first-order valence-corrected chi connectivity index (χ1v) is 21.8. The molecular formula is C61H42N2. The van der Waals surface area contributed by atoms with E-state index >= 15 is 0 Å². The lowest BCUT2D eigenvalue weighted by molar-refractivity contribution is 0.793. The van der Waals surface area contributed by atoms with Crippen LogP contribution in [-0.4, -0.2) is 0 Å². The molecule has 0 heterocycles. The summed E-state index contributed by atoms with van der Waals surface area (Å²) in [5.74, 6) is 0. The van der Waals surface area contributed by atoms with Gasteiger partial charge >= 0.3 is 0 Å². The molecule has 12 rings (SSSR count). The summed E-state index contributed by atoms with van der Waals surface area (Å²) in [6.07, 6.45) is 0. The minimum Gasteiger partial charge on any atom is -0.310 e. The molecule has 1 spiro atoms. The summed E-state index contributed by atoms with van der Waals surface area (Å²) in [6, 6.07) is 93.1. The molecule has 0 aliphatic heterocycles. The predicted molar refractivity (Wildman–Crippen MR) is 263 cm³/mol. The van der Waals surface area contributed by atoms with Gasteiger partial charge in [-0.05, 0) is 128 Å². The number of anilines is 6. The minimum absolute atomic E-state index is 0.541. The van der Waals surface area contributed by atoms with Gasteiger partial charge in [-0.2, -0.15) is 0 Å². The van der Waals surface area contributed by atoms with Crippen molar-refractivity contribution >= 4 is 34.1 Å². The standard InChI is InChI=1S/C61H42N2/c1-5-18-43(19-6-1)44-32-34-45(35-33-44)46-36-38-50(39-37-46)62(47-20-7-2-8-21-47)51-40-41-53-52-26-13-15-28-55(52)61(58(53)42-51)56-29-16-14-27-54(56)60-57(61)30-17-31-59(60)63(48-22-9-3-10-23-48)49-24-11-4-12-25-49/h1-42H. The van der Waals surface area contributed by atoms with Crippen molar-refractivity contribution in [3.63, 3.8) is 0 Å². The van der Waals surface area contributed by atoms with Crippen LogP contribution in [0.25, 0.3) is 44.5 Å². The fraction of sp³-hybridized carbons (Fsp3) is 0.0164. The zero-order chi connectivity index (χ0) is 41.7. The Hall–Kier alpha value is -8.20. The second kappa shape index (κ2) is 15.1. The molecule has 0 saturated heterocycles. The Morgan fingerprint density at radius 2 is 0.635 bits per heavy atom. The molecule has 1 unspecified atom stereocenters. The maximum absolute atomic E-state index is 2.48. The number of hydrogen-bond acceptors (Lipinski definition) is 2. The van der Waals surface area contributed by atoms with Gasteiger partial charge in [-0.1, -0.05) is 188 Å². The van der Waals surface area contributed by atoms with Crippen molar-refractivity contribution in [3.8, 4) is 44.5 Å². The molecule has 2 aliphatic carbocycles. The zero-order valence-corrected chi connectivity index (χ0v) is 34.6. The molecule has 2 aliphatic rings. The van der Waals surface area contributed by atoms with Crippen LogP contribution < -0.4 is 9.80 Å². The van der Waals surface area contributed by atoms with Crippen LogP contribution in [-0.2, 0) is 5.41 Å². The monoisotopic (exact) mass is 802 g/mol. The van der Waals surface area contributed by atoms with E-state index in [2.05, 4.69) is 265 Å². The van der Waals surface area contributed by atoms with E-state index in [9.17, 15) is 0 Å². The number of benzene rings is 10. The summed E-state index contributed by atoms with van der Waals surface area (Å²) in [7, 11) is 0. The molecule has 1 atom stereocenters. The molecule has 0 fully saturated rings. The van der Waals surface area contributed by atoms with Crippen molar-refractivity contribution in [1.29, 1.82) is 0 Å². The molecule has 10 aromatic rings. The molecule has 0 N–H and O–H groups in total. The lowest BCUT2D eigenvalue weighted by Gasteiger charge is -2.33. The highest BCUT2D eigenvalue weighted by Gasteiger charge is 2.52. The van der Waals surface area contributed by atoms with Crippen molar-refractivity contribution in [2.24, 2.45) is 0 Å². The van der Waals surface area contributed by atoms with E-state index in [0.29, 0.717) is 0 Å². The third-order valence-corrected chi connectivity index (χ3v) is 13.1. The fourth-order valence-corrected chi connectivity index (χ4v) is 10.4. The van der Waals surface area contributed by atoms with E-state index in [1.54, 1.807) is 0 Å². The molecular weight excluding hydrogens is 761 g/mol. The minimum atomic E-state index is -0.541. The number of rotatable bonds is 8. The van der Waals surface area contributed by atoms with Gasteiger partial charge in [-0.25, -0.2) is 0 Å². The Morgan fingerprint density at radius 3 is 1.22 bits per heavy atom. The summed E-state index contributed by atoms with van der Waals surface area (Å²) >= 11 is 0. The quantitative estimate of drug-likeness (QED) is 0.151. The SMILES string of the molecule is c1ccc(-c2ccc(-c3ccc(N(c4ccccc4)c4ccc5c(c4)C4(c6ccccc6-5)c5ccccc5-c5c(N(c6ccccc6)c6ccccc6)cccc54)cc3)cc2)cc1. The maximum Gasteiger partial charge on any atom is 0.0727 e. The third-order valence-electron chi connectivity index (χ3n) is 13.1. The molecule has 0 radical (unpaired) electrons. The summed E-state index contributed by atoms with van der Waals surface area (Å²) < 4.78 is 0. The van der Waals surface area contributed by atoms with Gasteiger partial charge in [-0.15, -0.1) is 0 Å². The Balaban J connectivity index is 1.03. The van der Waals surface area contributed by atoms with Gasteiger partial charge in [0.15, 0.2) is 0 Å². The number of hydrogen-bond donors (Lipinski definition) is 0. The van der Waals surface area contributed by atoms with E-state index in [0.717, 1.165) is 34.1 Å². The molecule has 10 aromatic carbocycles. The summed E-state index contributed by atoms with van der Waals surface area (Å²) in [5, 5.41) is 0. The Kier molecular flexibility index (Phi) is 8.76.